The first-order chi connectivity index (χ1) is 15.3. The minimum Gasteiger partial charge on any atom is -0.376 e. The van der Waals surface area contributed by atoms with Crippen LogP contribution in [0.15, 0.2) is 47.4 Å². The highest BCUT2D eigenvalue weighted by Gasteiger charge is 2.25. The number of carbonyl (C=O) groups is 2. The van der Waals surface area contributed by atoms with Crippen LogP contribution in [0.2, 0.25) is 0 Å². The molecule has 2 aromatic carbocycles. The van der Waals surface area contributed by atoms with E-state index in [1.54, 1.807) is 48.2 Å². The number of hydrogen-bond acceptors (Lipinski definition) is 5. The largest absolute Gasteiger partial charge is 0.376 e. The lowest BCUT2D eigenvalue weighted by Gasteiger charge is -2.19. The predicted octanol–water partition coefficient (Wildman–Crippen LogP) is 2.83. The average molecular weight is 458 g/mol. The Labute approximate surface area is 188 Å². The summed E-state index contributed by atoms with van der Waals surface area (Å²) < 4.78 is 34.2. The SMILES string of the molecule is Cc1cc(S(=O)(=O)Nc2ccccc2C(=O)NC[C@H]2CCCO2)ccc1N1CCCC1=O. The molecule has 0 radical (unpaired) electrons. The van der Waals surface area contributed by atoms with E-state index in [2.05, 4.69) is 10.0 Å². The number of benzene rings is 2. The molecule has 0 bridgehead atoms. The van der Waals surface area contributed by atoms with Gasteiger partial charge in [-0.15, -0.1) is 0 Å². The van der Waals surface area contributed by atoms with Crippen LogP contribution in [-0.4, -0.2) is 46.0 Å². The number of sulfonamides is 1. The number of rotatable bonds is 7. The zero-order valence-corrected chi connectivity index (χ0v) is 18.8. The van der Waals surface area contributed by atoms with Gasteiger partial charge in [0.25, 0.3) is 15.9 Å². The number of nitrogens with one attached hydrogen (secondary N) is 2. The molecule has 2 aliphatic rings. The van der Waals surface area contributed by atoms with E-state index in [0.29, 0.717) is 31.7 Å². The van der Waals surface area contributed by atoms with Gasteiger partial charge in [-0.3, -0.25) is 14.3 Å². The fourth-order valence-corrected chi connectivity index (χ4v) is 5.25. The van der Waals surface area contributed by atoms with Crippen LogP contribution in [0.5, 0.6) is 0 Å². The minimum atomic E-state index is -3.93. The Morgan fingerprint density at radius 2 is 2.00 bits per heavy atom. The van der Waals surface area contributed by atoms with E-state index in [4.69, 9.17) is 4.74 Å². The van der Waals surface area contributed by atoms with Crippen molar-refractivity contribution in [2.75, 3.05) is 29.3 Å². The van der Waals surface area contributed by atoms with Gasteiger partial charge in [-0.1, -0.05) is 12.1 Å². The summed E-state index contributed by atoms with van der Waals surface area (Å²) in [6.45, 7) is 3.50. The first kappa shape index (κ1) is 22.3. The van der Waals surface area contributed by atoms with Crippen molar-refractivity contribution in [3.8, 4) is 0 Å². The minimum absolute atomic E-state index is 0.00761. The summed E-state index contributed by atoms with van der Waals surface area (Å²) in [6, 6.07) is 11.2. The third-order valence-corrected chi connectivity index (χ3v) is 7.14. The molecule has 0 saturated carbocycles. The summed E-state index contributed by atoms with van der Waals surface area (Å²) in [5.41, 5.74) is 1.87. The van der Waals surface area contributed by atoms with Crippen molar-refractivity contribution in [1.29, 1.82) is 0 Å². The number of ether oxygens (including phenoxy) is 1. The van der Waals surface area contributed by atoms with Gasteiger partial charge in [0.15, 0.2) is 0 Å². The van der Waals surface area contributed by atoms with Crippen molar-refractivity contribution in [1.82, 2.24) is 5.32 Å². The zero-order valence-electron chi connectivity index (χ0n) is 18.0. The van der Waals surface area contributed by atoms with E-state index in [0.717, 1.165) is 24.9 Å². The highest BCUT2D eigenvalue weighted by atomic mass is 32.2. The van der Waals surface area contributed by atoms with Crippen LogP contribution in [0.25, 0.3) is 0 Å². The Bertz CT molecular complexity index is 1130. The lowest BCUT2D eigenvalue weighted by Crippen LogP contribution is -2.32. The van der Waals surface area contributed by atoms with Crippen molar-refractivity contribution in [3.63, 3.8) is 0 Å². The molecule has 4 rings (SSSR count). The first-order valence-corrected chi connectivity index (χ1v) is 12.3. The van der Waals surface area contributed by atoms with Gasteiger partial charge in [0.2, 0.25) is 5.91 Å². The molecule has 0 unspecified atom stereocenters. The van der Waals surface area contributed by atoms with Gasteiger partial charge < -0.3 is 15.0 Å². The standard InChI is InChI=1S/C23H27N3O5S/c1-16-14-18(10-11-21(16)26-12-4-9-22(26)27)32(29,30)25-20-8-3-2-7-19(20)23(28)24-15-17-6-5-13-31-17/h2-3,7-8,10-11,14,17,25H,4-6,9,12-13,15H2,1H3,(H,24,28)/t17-/m1/s1. The average Bonchev–Trinajstić information content (AvgIpc) is 3.44. The molecule has 2 aliphatic heterocycles. The summed E-state index contributed by atoms with van der Waals surface area (Å²) in [6.07, 6.45) is 3.17. The molecule has 0 aliphatic carbocycles. The fraction of sp³-hybridized carbons (Fsp3) is 0.391. The van der Waals surface area contributed by atoms with Gasteiger partial charge in [0, 0.05) is 31.8 Å². The summed E-state index contributed by atoms with van der Waals surface area (Å²) in [5.74, 6) is -0.317. The Balaban J connectivity index is 1.51. The number of para-hydroxylation sites is 1. The second-order valence-corrected chi connectivity index (χ2v) is 9.78. The van der Waals surface area contributed by atoms with Crippen molar-refractivity contribution >= 4 is 33.2 Å². The third kappa shape index (κ3) is 4.78. The molecule has 0 spiro atoms. The lowest BCUT2D eigenvalue weighted by molar-refractivity contribution is -0.117. The van der Waals surface area contributed by atoms with Gasteiger partial charge >= 0.3 is 0 Å². The molecule has 0 aromatic heterocycles. The predicted molar refractivity (Wildman–Crippen MR) is 121 cm³/mol. The van der Waals surface area contributed by atoms with E-state index in [9.17, 15) is 18.0 Å². The number of aryl methyl sites for hydroxylation is 1. The maximum atomic E-state index is 13.0. The second-order valence-electron chi connectivity index (χ2n) is 8.09. The third-order valence-electron chi connectivity index (χ3n) is 5.77. The van der Waals surface area contributed by atoms with Crippen LogP contribution >= 0.6 is 0 Å². The van der Waals surface area contributed by atoms with Crippen LogP contribution in [0.4, 0.5) is 11.4 Å². The van der Waals surface area contributed by atoms with Gasteiger partial charge in [-0.05, 0) is 62.1 Å². The Morgan fingerprint density at radius 3 is 2.69 bits per heavy atom. The quantitative estimate of drug-likeness (QED) is 0.665. The van der Waals surface area contributed by atoms with E-state index >= 15 is 0 Å². The van der Waals surface area contributed by atoms with Gasteiger partial charge in [0.05, 0.1) is 22.3 Å². The molecule has 1 atom stereocenters. The van der Waals surface area contributed by atoms with Gasteiger partial charge in [-0.25, -0.2) is 8.42 Å². The van der Waals surface area contributed by atoms with Gasteiger partial charge in [0.1, 0.15) is 0 Å². The van der Waals surface area contributed by atoms with Crippen LogP contribution in [0.1, 0.15) is 41.6 Å². The smallest absolute Gasteiger partial charge is 0.261 e. The number of amides is 2. The number of carbonyl (C=O) groups excluding carboxylic acids is 2. The Kier molecular flexibility index (Phi) is 6.48. The van der Waals surface area contributed by atoms with Gasteiger partial charge in [-0.2, -0.15) is 0 Å². The Hall–Kier alpha value is -2.91. The van der Waals surface area contributed by atoms with Crippen molar-refractivity contribution in [2.45, 2.75) is 43.6 Å². The van der Waals surface area contributed by atoms with E-state index in [1.807, 2.05) is 0 Å². The summed E-state index contributed by atoms with van der Waals surface area (Å²) >= 11 is 0. The summed E-state index contributed by atoms with van der Waals surface area (Å²) in [5, 5.41) is 2.82. The second kappa shape index (κ2) is 9.30. The first-order valence-electron chi connectivity index (χ1n) is 10.8. The maximum absolute atomic E-state index is 13.0. The molecule has 170 valence electrons. The topological polar surface area (TPSA) is 105 Å². The lowest BCUT2D eigenvalue weighted by atomic mass is 10.1. The highest BCUT2D eigenvalue weighted by molar-refractivity contribution is 7.92. The van der Waals surface area contributed by atoms with E-state index in [1.165, 1.54) is 6.07 Å². The molecular weight excluding hydrogens is 430 g/mol. The number of nitrogens with zero attached hydrogens (tertiary/aromatic N) is 1. The maximum Gasteiger partial charge on any atom is 0.261 e. The molecule has 32 heavy (non-hydrogen) atoms. The molecule has 2 fully saturated rings. The molecule has 2 saturated heterocycles. The number of hydrogen-bond donors (Lipinski definition) is 2. The molecule has 2 amide bonds. The Morgan fingerprint density at radius 1 is 1.19 bits per heavy atom. The molecule has 9 heteroatoms. The van der Waals surface area contributed by atoms with Crippen LogP contribution in [-0.2, 0) is 19.6 Å². The zero-order chi connectivity index (χ0) is 22.7. The fourth-order valence-electron chi connectivity index (χ4n) is 4.08. The van der Waals surface area contributed by atoms with Crippen LogP contribution < -0.4 is 14.9 Å². The van der Waals surface area contributed by atoms with Crippen LogP contribution in [0, 0.1) is 6.92 Å². The van der Waals surface area contributed by atoms with E-state index in [-0.39, 0.29) is 34.1 Å². The molecule has 2 aromatic rings. The van der Waals surface area contributed by atoms with Crippen molar-refractivity contribution in [3.05, 3.63) is 53.6 Å². The van der Waals surface area contributed by atoms with Crippen LogP contribution in [0.3, 0.4) is 0 Å². The highest BCUT2D eigenvalue weighted by Crippen LogP contribution is 2.28. The molecular formula is C23H27N3O5S. The van der Waals surface area contributed by atoms with Crippen molar-refractivity contribution < 1.29 is 22.7 Å². The van der Waals surface area contributed by atoms with Crippen molar-refractivity contribution in [2.24, 2.45) is 0 Å². The summed E-state index contributed by atoms with van der Waals surface area (Å²) in [7, 11) is -3.93. The normalized spacial score (nSPS) is 18.7. The monoisotopic (exact) mass is 457 g/mol. The molecule has 2 heterocycles. The van der Waals surface area contributed by atoms with E-state index < -0.39 is 10.0 Å². The molecule has 2 N–H and O–H groups in total. The number of anilines is 2. The summed E-state index contributed by atoms with van der Waals surface area (Å²) in [4.78, 5) is 26.5. The molecule has 8 nitrogen and oxygen atoms in total.